The van der Waals surface area contributed by atoms with Gasteiger partial charge in [-0.05, 0) is 48.0 Å². The SMILES string of the molecule is O=C(C=Cc1ccc(S(=O)(=O)N2CCOCC2)cc1)Nc1nc2ccc(Oc3ccccc3)cc2s1. The molecule has 1 saturated heterocycles. The molecule has 0 unspecified atom stereocenters. The molecule has 10 heteroatoms. The molecule has 5 rings (SSSR count). The zero-order valence-electron chi connectivity index (χ0n) is 19.2. The lowest BCUT2D eigenvalue weighted by Crippen LogP contribution is -2.40. The van der Waals surface area contributed by atoms with Crippen LogP contribution in [-0.4, -0.2) is 49.9 Å². The molecule has 184 valence electrons. The van der Waals surface area contributed by atoms with Gasteiger partial charge in [0.15, 0.2) is 5.13 Å². The predicted molar refractivity (Wildman–Crippen MR) is 140 cm³/mol. The number of rotatable bonds is 7. The van der Waals surface area contributed by atoms with Gasteiger partial charge in [-0.25, -0.2) is 13.4 Å². The second-order valence-electron chi connectivity index (χ2n) is 7.97. The number of ether oxygens (including phenoxy) is 2. The van der Waals surface area contributed by atoms with Gasteiger partial charge in [0.05, 0.1) is 28.3 Å². The molecule has 0 saturated carbocycles. The van der Waals surface area contributed by atoms with E-state index in [1.54, 1.807) is 30.3 Å². The van der Waals surface area contributed by atoms with Crippen molar-refractivity contribution in [3.05, 3.63) is 84.4 Å². The zero-order chi connectivity index (χ0) is 25.0. The summed E-state index contributed by atoms with van der Waals surface area (Å²) in [6.45, 7) is 1.48. The number of morpholine rings is 1. The summed E-state index contributed by atoms with van der Waals surface area (Å²) < 4.78 is 38.9. The fraction of sp³-hybridized carbons (Fsp3) is 0.154. The minimum absolute atomic E-state index is 0.219. The summed E-state index contributed by atoms with van der Waals surface area (Å²) in [7, 11) is -3.55. The van der Waals surface area contributed by atoms with Crippen molar-refractivity contribution in [3.63, 3.8) is 0 Å². The first-order valence-electron chi connectivity index (χ1n) is 11.3. The van der Waals surface area contributed by atoms with Gasteiger partial charge in [-0.15, -0.1) is 0 Å². The van der Waals surface area contributed by atoms with Crippen molar-refractivity contribution in [2.24, 2.45) is 0 Å². The molecule has 4 aromatic rings. The van der Waals surface area contributed by atoms with E-state index >= 15 is 0 Å². The highest BCUT2D eigenvalue weighted by molar-refractivity contribution is 7.89. The highest BCUT2D eigenvalue weighted by atomic mass is 32.2. The molecule has 1 aromatic heterocycles. The van der Waals surface area contributed by atoms with Crippen molar-refractivity contribution in [3.8, 4) is 11.5 Å². The number of benzene rings is 3. The molecule has 36 heavy (non-hydrogen) atoms. The van der Waals surface area contributed by atoms with Gasteiger partial charge in [-0.2, -0.15) is 4.31 Å². The number of carbonyl (C=O) groups is 1. The van der Waals surface area contributed by atoms with Crippen LogP contribution < -0.4 is 10.1 Å². The predicted octanol–water partition coefficient (Wildman–Crippen LogP) is 4.76. The molecule has 0 radical (unpaired) electrons. The molecular formula is C26H23N3O5S2. The number of para-hydroxylation sites is 1. The molecule has 1 aliphatic rings. The van der Waals surface area contributed by atoms with E-state index in [4.69, 9.17) is 9.47 Å². The average molecular weight is 522 g/mol. The third kappa shape index (κ3) is 5.63. The molecule has 0 atom stereocenters. The lowest BCUT2D eigenvalue weighted by Gasteiger charge is -2.26. The molecular weight excluding hydrogens is 498 g/mol. The number of hydrogen-bond acceptors (Lipinski definition) is 7. The topological polar surface area (TPSA) is 97.8 Å². The normalized spacial score (nSPS) is 14.8. The van der Waals surface area contributed by atoms with Crippen molar-refractivity contribution in [1.29, 1.82) is 0 Å². The van der Waals surface area contributed by atoms with E-state index in [-0.39, 0.29) is 10.8 Å². The highest BCUT2D eigenvalue weighted by Gasteiger charge is 2.25. The van der Waals surface area contributed by atoms with Gasteiger partial charge < -0.3 is 9.47 Å². The number of fused-ring (bicyclic) bond motifs is 1. The van der Waals surface area contributed by atoms with Crippen LogP contribution in [0.2, 0.25) is 0 Å². The van der Waals surface area contributed by atoms with Crippen LogP contribution in [0.25, 0.3) is 16.3 Å². The van der Waals surface area contributed by atoms with Gasteiger partial charge >= 0.3 is 0 Å². The molecule has 1 N–H and O–H groups in total. The Hall–Kier alpha value is -3.57. The molecule has 8 nitrogen and oxygen atoms in total. The van der Waals surface area contributed by atoms with E-state index < -0.39 is 10.0 Å². The minimum Gasteiger partial charge on any atom is -0.457 e. The summed E-state index contributed by atoms with van der Waals surface area (Å²) in [5, 5.41) is 3.25. The van der Waals surface area contributed by atoms with E-state index in [1.807, 2.05) is 48.5 Å². The molecule has 0 aliphatic carbocycles. The number of sulfonamides is 1. The maximum Gasteiger partial charge on any atom is 0.250 e. The van der Waals surface area contributed by atoms with Gasteiger partial charge in [0, 0.05) is 25.2 Å². The van der Waals surface area contributed by atoms with Crippen LogP contribution in [0.1, 0.15) is 5.56 Å². The maximum absolute atomic E-state index is 12.7. The molecule has 1 fully saturated rings. The average Bonchev–Trinajstić information content (AvgIpc) is 3.30. The fourth-order valence-electron chi connectivity index (χ4n) is 3.65. The van der Waals surface area contributed by atoms with Crippen LogP contribution in [0.4, 0.5) is 5.13 Å². The molecule has 0 spiro atoms. The first-order valence-corrected chi connectivity index (χ1v) is 13.5. The maximum atomic E-state index is 12.7. The molecule has 1 amide bonds. The monoisotopic (exact) mass is 521 g/mol. The number of nitrogens with zero attached hydrogens (tertiary/aromatic N) is 2. The number of amides is 1. The fourth-order valence-corrected chi connectivity index (χ4v) is 5.96. The van der Waals surface area contributed by atoms with E-state index in [2.05, 4.69) is 10.3 Å². The van der Waals surface area contributed by atoms with Gasteiger partial charge in [0.1, 0.15) is 11.5 Å². The summed E-state index contributed by atoms with van der Waals surface area (Å²) in [6, 6.07) is 21.5. The number of carbonyl (C=O) groups excluding carboxylic acids is 1. The Bertz CT molecular complexity index is 1490. The second-order valence-corrected chi connectivity index (χ2v) is 10.9. The highest BCUT2D eigenvalue weighted by Crippen LogP contribution is 2.31. The van der Waals surface area contributed by atoms with Crippen molar-refractivity contribution in [2.75, 3.05) is 31.6 Å². The van der Waals surface area contributed by atoms with E-state index in [9.17, 15) is 13.2 Å². The summed E-state index contributed by atoms with van der Waals surface area (Å²) >= 11 is 1.35. The van der Waals surface area contributed by atoms with Crippen LogP contribution >= 0.6 is 11.3 Å². The quantitative estimate of drug-likeness (QED) is 0.352. The molecule has 3 aromatic carbocycles. The summed E-state index contributed by atoms with van der Waals surface area (Å²) in [5.41, 5.74) is 1.47. The summed E-state index contributed by atoms with van der Waals surface area (Å²) in [6.07, 6.45) is 3.01. The Kier molecular flexibility index (Phi) is 7.10. The zero-order valence-corrected chi connectivity index (χ0v) is 20.8. The Morgan fingerprint density at radius 2 is 1.75 bits per heavy atom. The first-order chi connectivity index (χ1) is 17.5. The molecule has 0 bridgehead atoms. The third-order valence-electron chi connectivity index (χ3n) is 5.48. The summed E-state index contributed by atoms with van der Waals surface area (Å²) in [5.74, 6) is 1.10. The Balaban J connectivity index is 1.21. The van der Waals surface area contributed by atoms with Crippen molar-refractivity contribution >= 4 is 48.7 Å². The lowest BCUT2D eigenvalue weighted by molar-refractivity contribution is -0.111. The van der Waals surface area contributed by atoms with E-state index in [0.29, 0.717) is 42.7 Å². The smallest absolute Gasteiger partial charge is 0.250 e. The van der Waals surface area contributed by atoms with Gasteiger partial charge in [0.25, 0.3) is 0 Å². The molecule has 1 aliphatic heterocycles. The van der Waals surface area contributed by atoms with Crippen molar-refractivity contribution in [2.45, 2.75) is 4.90 Å². The van der Waals surface area contributed by atoms with Gasteiger partial charge in [-0.1, -0.05) is 41.7 Å². The van der Waals surface area contributed by atoms with Crippen molar-refractivity contribution < 1.29 is 22.7 Å². The Labute approximate surface area is 212 Å². The number of thiazole rings is 1. The minimum atomic E-state index is -3.55. The van der Waals surface area contributed by atoms with E-state index in [1.165, 1.54) is 21.7 Å². The largest absolute Gasteiger partial charge is 0.457 e. The Morgan fingerprint density at radius 3 is 2.50 bits per heavy atom. The standard InChI is InChI=1S/C26H23N3O5S2/c30-25(13-8-19-6-10-22(11-7-19)36(31,32)29-14-16-33-17-15-29)28-26-27-23-12-9-21(18-24(23)35-26)34-20-4-2-1-3-5-20/h1-13,18H,14-17H2,(H,27,28,30). The number of aromatic nitrogens is 1. The second kappa shape index (κ2) is 10.6. The lowest BCUT2D eigenvalue weighted by atomic mass is 10.2. The number of anilines is 1. The van der Waals surface area contributed by atoms with Crippen LogP contribution in [0.15, 0.2) is 83.8 Å². The van der Waals surface area contributed by atoms with Crippen LogP contribution in [-0.2, 0) is 19.6 Å². The Morgan fingerprint density at radius 1 is 1.00 bits per heavy atom. The first kappa shape index (κ1) is 24.1. The summed E-state index contributed by atoms with van der Waals surface area (Å²) in [4.78, 5) is 17.1. The number of hydrogen-bond donors (Lipinski definition) is 1. The van der Waals surface area contributed by atoms with Crippen LogP contribution in [0.3, 0.4) is 0 Å². The number of nitrogens with one attached hydrogen (secondary N) is 1. The van der Waals surface area contributed by atoms with Crippen LogP contribution in [0, 0.1) is 0 Å². The van der Waals surface area contributed by atoms with Gasteiger partial charge in [0.2, 0.25) is 15.9 Å². The van der Waals surface area contributed by atoms with E-state index in [0.717, 1.165) is 16.0 Å². The molecule has 2 heterocycles. The van der Waals surface area contributed by atoms with Crippen LogP contribution in [0.5, 0.6) is 11.5 Å². The van der Waals surface area contributed by atoms with Crippen molar-refractivity contribution in [1.82, 2.24) is 9.29 Å². The third-order valence-corrected chi connectivity index (χ3v) is 8.33. The van der Waals surface area contributed by atoms with Gasteiger partial charge in [-0.3, -0.25) is 10.1 Å².